The van der Waals surface area contributed by atoms with Gasteiger partial charge in [-0.05, 0) is 53.9 Å². The van der Waals surface area contributed by atoms with Crippen LogP contribution >= 0.6 is 11.6 Å². The van der Waals surface area contributed by atoms with Gasteiger partial charge in [0.05, 0.1) is 0 Å². The normalized spacial score (nSPS) is 14.8. The molecular weight excluding hydrogens is 330 g/mol. The Balaban J connectivity index is 3.07. The molecule has 3 atom stereocenters. The highest BCUT2D eigenvalue weighted by atomic mass is 35.5. The van der Waals surface area contributed by atoms with Crippen LogP contribution in [0.5, 0.6) is 0 Å². The third-order valence-electron chi connectivity index (χ3n) is 5.19. The third kappa shape index (κ3) is 5.90. The molecule has 1 unspecified atom stereocenters. The SMILES string of the molecule is C=C(Cc1c(Cl)ccc(C(C)CO)c1CCC)C[C@@H](C)[C@H](C)C(=C)N. The molecule has 140 valence electrons. The van der Waals surface area contributed by atoms with E-state index in [1.165, 1.54) is 11.1 Å². The molecule has 1 aromatic rings. The second-order valence-electron chi connectivity index (χ2n) is 7.40. The van der Waals surface area contributed by atoms with Crippen LogP contribution in [-0.4, -0.2) is 11.7 Å². The Kier molecular flexibility index (Phi) is 8.75. The van der Waals surface area contributed by atoms with Crippen LogP contribution < -0.4 is 5.73 Å². The van der Waals surface area contributed by atoms with Crippen molar-refractivity contribution in [1.82, 2.24) is 0 Å². The molecule has 0 aliphatic rings. The van der Waals surface area contributed by atoms with Gasteiger partial charge in [-0.3, -0.25) is 0 Å². The van der Waals surface area contributed by atoms with Crippen LogP contribution in [0.2, 0.25) is 5.02 Å². The molecule has 0 aliphatic heterocycles. The van der Waals surface area contributed by atoms with Gasteiger partial charge in [-0.15, -0.1) is 0 Å². The Labute approximate surface area is 158 Å². The molecule has 1 rings (SSSR count). The first-order chi connectivity index (χ1) is 11.7. The number of rotatable bonds is 10. The maximum atomic E-state index is 9.58. The second kappa shape index (κ2) is 10.0. The first kappa shape index (κ1) is 21.8. The lowest BCUT2D eigenvalue weighted by atomic mass is 9.84. The molecule has 3 heteroatoms. The van der Waals surface area contributed by atoms with Gasteiger partial charge in [0.2, 0.25) is 0 Å². The molecule has 0 spiro atoms. The topological polar surface area (TPSA) is 46.2 Å². The standard InChI is InChI=1S/C22H34ClNO/c1-7-8-20-19(16(4)13-25)9-10-22(23)21(20)12-14(2)11-15(3)17(5)18(6)24/h9-10,15-17,25H,2,6-8,11-13,24H2,1,3-5H3/t15-,16?,17+/m1/s1. The summed E-state index contributed by atoms with van der Waals surface area (Å²) in [5, 5.41) is 10.4. The summed E-state index contributed by atoms with van der Waals surface area (Å²) in [6.45, 7) is 16.8. The molecule has 0 saturated carbocycles. The van der Waals surface area contributed by atoms with Crippen molar-refractivity contribution in [3.05, 3.63) is 58.3 Å². The average Bonchev–Trinajstić information content (AvgIpc) is 2.56. The maximum Gasteiger partial charge on any atom is 0.0497 e. The number of benzene rings is 1. The van der Waals surface area contributed by atoms with Crippen LogP contribution in [0.15, 0.2) is 36.6 Å². The van der Waals surface area contributed by atoms with Gasteiger partial charge in [0.1, 0.15) is 0 Å². The molecule has 1 aromatic carbocycles. The zero-order valence-corrected chi connectivity index (χ0v) is 17.0. The monoisotopic (exact) mass is 363 g/mol. The minimum absolute atomic E-state index is 0.116. The van der Waals surface area contributed by atoms with E-state index >= 15 is 0 Å². The van der Waals surface area contributed by atoms with Gasteiger partial charge < -0.3 is 10.8 Å². The number of aliphatic hydroxyl groups excluding tert-OH is 1. The predicted molar refractivity (Wildman–Crippen MR) is 110 cm³/mol. The third-order valence-corrected chi connectivity index (χ3v) is 5.54. The first-order valence-corrected chi connectivity index (χ1v) is 9.62. The van der Waals surface area contributed by atoms with Crippen LogP contribution in [0.4, 0.5) is 0 Å². The highest BCUT2D eigenvalue weighted by molar-refractivity contribution is 6.31. The molecule has 2 nitrogen and oxygen atoms in total. The van der Waals surface area contributed by atoms with Crippen LogP contribution in [0.3, 0.4) is 0 Å². The van der Waals surface area contributed by atoms with Gasteiger partial charge in [-0.25, -0.2) is 0 Å². The van der Waals surface area contributed by atoms with Gasteiger partial charge in [0.25, 0.3) is 0 Å². The summed E-state index contributed by atoms with van der Waals surface area (Å²) in [7, 11) is 0. The Bertz CT molecular complexity index is 608. The van der Waals surface area contributed by atoms with E-state index in [0.717, 1.165) is 47.5 Å². The Morgan fingerprint density at radius 1 is 1.20 bits per heavy atom. The number of aliphatic hydroxyl groups is 1. The summed E-state index contributed by atoms with van der Waals surface area (Å²) in [5.74, 6) is 0.784. The zero-order valence-electron chi connectivity index (χ0n) is 16.2. The van der Waals surface area contributed by atoms with Gasteiger partial charge in [0.15, 0.2) is 0 Å². The number of allylic oxidation sites excluding steroid dienone is 2. The van der Waals surface area contributed by atoms with Crippen molar-refractivity contribution in [2.24, 2.45) is 17.6 Å². The van der Waals surface area contributed by atoms with E-state index in [1.807, 2.05) is 6.07 Å². The van der Waals surface area contributed by atoms with Crippen molar-refractivity contribution in [3.8, 4) is 0 Å². The van der Waals surface area contributed by atoms with Gasteiger partial charge in [-0.2, -0.15) is 0 Å². The van der Waals surface area contributed by atoms with Crippen molar-refractivity contribution in [2.45, 2.75) is 59.3 Å². The highest BCUT2D eigenvalue weighted by Gasteiger charge is 2.19. The number of hydrogen-bond acceptors (Lipinski definition) is 2. The summed E-state index contributed by atoms with van der Waals surface area (Å²) in [6, 6.07) is 4.02. The predicted octanol–water partition coefficient (Wildman–Crippen LogP) is 5.62. The fourth-order valence-electron chi connectivity index (χ4n) is 3.30. The molecule has 0 fully saturated rings. The zero-order chi connectivity index (χ0) is 19.1. The fourth-order valence-corrected chi connectivity index (χ4v) is 3.54. The molecular formula is C22H34ClNO. The lowest BCUT2D eigenvalue weighted by Gasteiger charge is -2.23. The van der Waals surface area contributed by atoms with Crippen molar-refractivity contribution in [3.63, 3.8) is 0 Å². The minimum atomic E-state index is 0.116. The van der Waals surface area contributed by atoms with E-state index in [4.69, 9.17) is 17.3 Å². The maximum absolute atomic E-state index is 9.58. The molecule has 0 bridgehead atoms. The molecule has 0 saturated heterocycles. The van der Waals surface area contributed by atoms with Gasteiger partial charge >= 0.3 is 0 Å². The van der Waals surface area contributed by atoms with Crippen molar-refractivity contribution in [1.29, 1.82) is 0 Å². The number of hydrogen-bond donors (Lipinski definition) is 2. The van der Waals surface area contributed by atoms with Crippen LogP contribution in [0.25, 0.3) is 0 Å². The molecule has 0 aromatic heterocycles. The Morgan fingerprint density at radius 2 is 1.84 bits per heavy atom. The van der Waals surface area contributed by atoms with Crippen molar-refractivity contribution >= 4 is 11.6 Å². The van der Waals surface area contributed by atoms with E-state index in [-0.39, 0.29) is 18.4 Å². The summed E-state index contributed by atoms with van der Waals surface area (Å²) in [4.78, 5) is 0. The second-order valence-corrected chi connectivity index (χ2v) is 7.81. The molecule has 25 heavy (non-hydrogen) atoms. The van der Waals surface area contributed by atoms with E-state index in [1.54, 1.807) is 0 Å². The quantitative estimate of drug-likeness (QED) is 0.530. The van der Waals surface area contributed by atoms with E-state index in [2.05, 4.69) is 46.9 Å². The largest absolute Gasteiger partial charge is 0.402 e. The van der Waals surface area contributed by atoms with Crippen LogP contribution in [0, 0.1) is 11.8 Å². The summed E-state index contributed by atoms with van der Waals surface area (Å²) >= 11 is 6.54. The fraction of sp³-hybridized carbons (Fsp3) is 0.545. The average molecular weight is 364 g/mol. The molecule has 0 radical (unpaired) electrons. The Morgan fingerprint density at radius 3 is 2.36 bits per heavy atom. The number of halogens is 1. The number of nitrogens with two attached hydrogens (primary N) is 1. The highest BCUT2D eigenvalue weighted by Crippen LogP contribution is 2.33. The van der Waals surface area contributed by atoms with Crippen molar-refractivity contribution in [2.75, 3.05) is 6.61 Å². The molecule has 0 aliphatic carbocycles. The summed E-state index contributed by atoms with van der Waals surface area (Å²) in [6.07, 6.45) is 3.69. The molecule has 3 N–H and O–H groups in total. The minimum Gasteiger partial charge on any atom is -0.402 e. The van der Waals surface area contributed by atoms with E-state index < -0.39 is 0 Å². The van der Waals surface area contributed by atoms with Crippen LogP contribution in [0.1, 0.15) is 63.1 Å². The summed E-state index contributed by atoms with van der Waals surface area (Å²) in [5.41, 5.74) is 11.4. The van der Waals surface area contributed by atoms with Crippen LogP contribution in [-0.2, 0) is 12.8 Å². The molecule has 0 amide bonds. The van der Waals surface area contributed by atoms with Crippen molar-refractivity contribution < 1.29 is 5.11 Å². The van der Waals surface area contributed by atoms with E-state index in [9.17, 15) is 5.11 Å². The van der Waals surface area contributed by atoms with E-state index in [0.29, 0.717) is 5.92 Å². The van der Waals surface area contributed by atoms with Gasteiger partial charge in [-0.1, -0.05) is 70.5 Å². The lowest BCUT2D eigenvalue weighted by molar-refractivity contribution is 0.272. The Hall–Kier alpha value is -1.25. The van der Waals surface area contributed by atoms with Gasteiger partial charge in [0, 0.05) is 23.2 Å². The summed E-state index contributed by atoms with van der Waals surface area (Å²) < 4.78 is 0. The lowest BCUT2D eigenvalue weighted by Crippen LogP contribution is -2.16. The first-order valence-electron chi connectivity index (χ1n) is 9.24. The smallest absolute Gasteiger partial charge is 0.0497 e. The molecule has 0 heterocycles.